The summed E-state index contributed by atoms with van der Waals surface area (Å²) in [6.07, 6.45) is -0.192. The summed E-state index contributed by atoms with van der Waals surface area (Å²) in [5.41, 5.74) is -0.00882. The molecule has 7 nitrogen and oxygen atoms in total. The predicted octanol–water partition coefficient (Wildman–Crippen LogP) is 3.71. The van der Waals surface area contributed by atoms with E-state index in [-0.39, 0.29) is 17.7 Å². The van der Waals surface area contributed by atoms with Gasteiger partial charge in [-0.1, -0.05) is 45.9 Å². The van der Waals surface area contributed by atoms with Gasteiger partial charge in [0.05, 0.1) is 0 Å². The van der Waals surface area contributed by atoms with E-state index in [9.17, 15) is 14.4 Å². The minimum atomic E-state index is -0.816. The molecule has 1 aromatic rings. The van der Waals surface area contributed by atoms with Gasteiger partial charge in [-0.2, -0.15) is 0 Å². The third-order valence-electron chi connectivity index (χ3n) is 4.00. The summed E-state index contributed by atoms with van der Waals surface area (Å²) in [5.74, 6) is -0.699. The van der Waals surface area contributed by atoms with Gasteiger partial charge in [0.2, 0.25) is 11.8 Å². The Hall–Kier alpha value is -2.57. The van der Waals surface area contributed by atoms with Crippen LogP contribution in [0, 0.1) is 11.8 Å². The first-order valence-electron chi connectivity index (χ1n) is 10.0. The number of alkyl carbamates (subject to hydrolysis) is 1. The van der Waals surface area contributed by atoms with Crippen molar-refractivity contribution in [3.63, 3.8) is 0 Å². The first kappa shape index (κ1) is 24.5. The van der Waals surface area contributed by atoms with Crippen LogP contribution in [0.15, 0.2) is 30.3 Å². The summed E-state index contributed by atoms with van der Waals surface area (Å²) in [5, 5.41) is 8.24. The highest BCUT2D eigenvalue weighted by molar-refractivity contribution is 5.98. The van der Waals surface area contributed by atoms with Crippen LogP contribution in [-0.4, -0.2) is 35.6 Å². The van der Waals surface area contributed by atoms with Gasteiger partial charge < -0.3 is 20.7 Å². The van der Waals surface area contributed by atoms with Crippen molar-refractivity contribution in [1.29, 1.82) is 0 Å². The van der Waals surface area contributed by atoms with Gasteiger partial charge in [-0.05, 0) is 51.2 Å². The molecule has 0 fully saturated rings. The molecule has 7 heteroatoms. The van der Waals surface area contributed by atoms with Crippen molar-refractivity contribution in [3.8, 4) is 0 Å². The molecule has 0 bridgehead atoms. The number of carbonyl (C=O) groups excluding carboxylic acids is 3. The van der Waals surface area contributed by atoms with Crippen molar-refractivity contribution in [1.82, 2.24) is 10.6 Å². The lowest BCUT2D eigenvalue weighted by Gasteiger charge is -2.27. The number of hydrogen-bond donors (Lipinski definition) is 3. The highest BCUT2D eigenvalue weighted by Crippen LogP contribution is 2.12. The van der Waals surface area contributed by atoms with Gasteiger partial charge in [-0.25, -0.2) is 4.79 Å². The molecule has 0 aliphatic heterocycles. The zero-order valence-corrected chi connectivity index (χ0v) is 18.5. The quantitative estimate of drug-likeness (QED) is 0.614. The molecule has 0 saturated heterocycles. The highest BCUT2D eigenvalue weighted by atomic mass is 16.6. The minimum Gasteiger partial charge on any atom is -0.444 e. The number of amides is 3. The largest absolute Gasteiger partial charge is 0.444 e. The summed E-state index contributed by atoms with van der Waals surface area (Å²) in [6.45, 7) is 12.9. The molecule has 0 aromatic heterocycles. The van der Waals surface area contributed by atoms with Gasteiger partial charge in [0.25, 0.3) is 0 Å². The van der Waals surface area contributed by atoms with Crippen LogP contribution in [0.3, 0.4) is 0 Å². The lowest BCUT2D eigenvalue weighted by molar-refractivity contribution is -0.129. The zero-order valence-electron chi connectivity index (χ0n) is 18.5. The van der Waals surface area contributed by atoms with Gasteiger partial charge in [0.1, 0.15) is 17.7 Å². The number of rotatable bonds is 8. The monoisotopic (exact) mass is 405 g/mol. The molecule has 0 aliphatic carbocycles. The summed E-state index contributed by atoms with van der Waals surface area (Å²) in [6, 6.07) is 7.54. The maximum Gasteiger partial charge on any atom is 0.408 e. The predicted molar refractivity (Wildman–Crippen MR) is 114 cm³/mol. The Kier molecular flexibility index (Phi) is 9.14. The van der Waals surface area contributed by atoms with Crippen LogP contribution >= 0.6 is 0 Å². The molecule has 0 radical (unpaired) electrons. The molecule has 0 heterocycles. The number of benzene rings is 1. The third-order valence-corrected chi connectivity index (χ3v) is 4.00. The Balaban J connectivity index is 2.87. The second-order valence-corrected chi connectivity index (χ2v) is 8.91. The molecule has 2 atom stereocenters. The van der Waals surface area contributed by atoms with Gasteiger partial charge in [0.15, 0.2) is 0 Å². The molecule has 0 aliphatic rings. The maximum absolute atomic E-state index is 12.9. The van der Waals surface area contributed by atoms with E-state index in [1.807, 2.05) is 45.9 Å². The van der Waals surface area contributed by atoms with Gasteiger partial charge in [0, 0.05) is 5.69 Å². The Morgan fingerprint density at radius 1 is 0.931 bits per heavy atom. The van der Waals surface area contributed by atoms with E-state index in [1.54, 1.807) is 32.9 Å². The number of nitrogens with one attached hydrogen (secondary N) is 3. The standard InChI is InChI=1S/C22H35N3O4/c1-14(2)13-17(19(26)23-16-11-9-8-10-12-16)24-20(27)18(15(3)4)25-21(28)29-22(5,6)7/h8-12,14-15,17-18H,13H2,1-7H3,(H,23,26)(H,24,27)(H,25,28)/t17?,18-/m0/s1. The zero-order chi connectivity index (χ0) is 22.2. The lowest BCUT2D eigenvalue weighted by Crippen LogP contribution is -2.55. The number of ether oxygens (including phenoxy) is 1. The first-order valence-corrected chi connectivity index (χ1v) is 10.0. The van der Waals surface area contributed by atoms with E-state index in [2.05, 4.69) is 16.0 Å². The van der Waals surface area contributed by atoms with Crippen LogP contribution < -0.4 is 16.0 Å². The summed E-state index contributed by atoms with van der Waals surface area (Å²) >= 11 is 0. The molecule has 1 aromatic carbocycles. The average Bonchev–Trinajstić information content (AvgIpc) is 2.57. The molecule has 1 unspecified atom stereocenters. The molecule has 3 amide bonds. The number of hydrogen-bond acceptors (Lipinski definition) is 4. The average molecular weight is 406 g/mol. The number of anilines is 1. The Morgan fingerprint density at radius 2 is 1.52 bits per heavy atom. The Morgan fingerprint density at radius 3 is 2.00 bits per heavy atom. The normalized spacial score (nSPS) is 13.6. The van der Waals surface area contributed by atoms with Crippen LogP contribution in [-0.2, 0) is 14.3 Å². The molecular weight excluding hydrogens is 370 g/mol. The van der Waals surface area contributed by atoms with Crippen molar-refractivity contribution in [2.45, 2.75) is 72.6 Å². The third kappa shape index (κ3) is 9.45. The molecule has 1 rings (SSSR count). The van der Waals surface area contributed by atoms with E-state index in [0.29, 0.717) is 12.1 Å². The van der Waals surface area contributed by atoms with Crippen molar-refractivity contribution >= 4 is 23.6 Å². The van der Waals surface area contributed by atoms with E-state index >= 15 is 0 Å². The van der Waals surface area contributed by atoms with Crippen molar-refractivity contribution in [3.05, 3.63) is 30.3 Å². The molecule has 3 N–H and O–H groups in total. The topological polar surface area (TPSA) is 96.5 Å². The first-order chi connectivity index (χ1) is 13.4. The molecule has 0 spiro atoms. The van der Waals surface area contributed by atoms with Crippen LogP contribution in [0.4, 0.5) is 10.5 Å². The Bertz CT molecular complexity index is 681. The van der Waals surface area contributed by atoms with E-state index in [1.165, 1.54) is 0 Å². The fraction of sp³-hybridized carbons (Fsp3) is 0.591. The number of para-hydroxylation sites is 1. The second-order valence-electron chi connectivity index (χ2n) is 8.91. The van der Waals surface area contributed by atoms with Crippen LogP contribution in [0.5, 0.6) is 0 Å². The lowest BCUT2D eigenvalue weighted by atomic mass is 10.00. The van der Waals surface area contributed by atoms with Crippen LogP contribution in [0.2, 0.25) is 0 Å². The summed E-state index contributed by atoms with van der Waals surface area (Å²) < 4.78 is 5.26. The molecule has 0 saturated carbocycles. The van der Waals surface area contributed by atoms with Gasteiger partial charge in [-0.3, -0.25) is 9.59 Å². The molecular formula is C22H35N3O4. The Labute approximate surface area is 174 Å². The summed E-state index contributed by atoms with van der Waals surface area (Å²) in [7, 11) is 0. The molecule has 162 valence electrons. The fourth-order valence-corrected chi connectivity index (χ4v) is 2.68. The minimum absolute atomic E-state index is 0.181. The second kappa shape index (κ2) is 10.8. The smallest absolute Gasteiger partial charge is 0.408 e. The van der Waals surface area contributed by atoms with Crippen molar-refractivity contribution < 1.29 is 19.1 Å². The van der Waals surface area contributed by atoms with E-state index in [4.69, 9.17) is 4.74 Å². The SMILES string of the molecule is CC(C)CC(NC(=O)[C@@H](NC(=O)OC(C)(C)C)C(C)C)C(=O)Nc1ccccc1. The molecule has 29 heavy (non-hydrogen) atoms. The van der Waals surface area contributed by atoms with Gasteiger partial charge >= 0.3 is 6.09 Å². The number of carbonyl (C=O) groups is 3. The van der Waals surface area contributed by atoms with Crippen molar-refractivity contribution in [2.24, 2.45) is 11.8 Å². The van der Waals surface area contributed by atoms with E-state index < -0.39 is 29.7 Å². The van der Waals surface area contributed by atoms with E-state index in [0.717, 1.165) is 0 Å². The fourth-order valence-electron chi connectivity index (χ4n) is 2.68. The van der Waals surface area contributed by atoms with Crippen LogP contribution in [0.1, 0.15) is 54.9 Å². The highest BCUT2D eigenvalue weighted by Gasteiger charge is 2.30. The van der Waals surface area contributed by atoms with Crippen LogP contribution in [0.25, 0.3) is 0 Å². The maximum atomic E-state index is 12.9. The van der Waals surface area contributed by atoms with Crippen molar-refractivity contribution in [2.75, 3.05) is 5.32 Å². The summed E-state index contributed by atoms with van der Waals surface area (Å²) in [4.78, 5) is 37.7. The van der Waals surface area contributed by atoms with Gasteiger partial charge in [-0.15, -0.1) is 0 Å².